The Morgan fingerprint density at radius 2 is 2.27 bits per heavy atom. The topological polar surface area (TPSA) is 68.6 Å². The smallest absolute Gasteiger partial charge is 0.253 e. The minimum atomic E-state index is -0.414. The highest BCUT2D eigenvalue weighted by Crippen LogP contribution is 2.38. The number of halogens is 1. The summed E-state index contributed by atoms with van der Waals surface area (Å²) in [5.41, 5.74) is 2.96. The van der Waals surface area contributed by atoms with E-state index >= 15 is 0 Å². The first-order chi connectivity index (χ1) is 14.5. The van der Waals surface area contributed by atoms with E-state index < -0.39 is 6.10 Å². The normalized spacial score (nSPS) is 20.5. The van der Waals surface area contributed by atoms with E-state index in [0.717, 1.165) is 54.5 Å². The van der Waals surface area contributed by atoms with Crippen molar-refractivity contribution in [2.45, 2.75) is 57.8 Å². The highest BCUT2D eigenvalue weighted by molar-refractivity contribution is 6.35. The van der Waals surface area contributed by atoms with Crippen molar-refractivity contribution in [3.05, 3.63) is 28.4 Å². The van der Waals surface area contributed by atoms with Crippen molar-refractivity contribution in [2.24, 2.45) is 0 Å². The molecule has 8 heteroatoms. The lowest BCUT2D eigenvalue weighted by atomic mass is 10.0. The molecule has 1 aromatic carbocycles. The number of benzene rings is 1. The van der Waals surface area contributed by atoms with E-state index in [2.05, 4.69) is 18.3 Å². The van der Waals surface area contributed by atoms with Crippen LogP contribution >= 0.6 is 11.6 Å². The molecule has 7 nitrogen and oxygen atoms in total. The van der Waals surface area contributed by atoms with Crippen LogP contribution in [0.4, 0.5) is 0 Å². The van der Waals surface area contributed by atoms with Crippen LogP contribution < -0.4 is 5.32 Å². The molecule has 1 N–H and O–H groups in total. The summed E-state index contributed by atoms with van der Waals surface area (Å²) in [6.45, 7) is 7.45. The molecule has 1 saturated heterocycles. The van der Waals surface area contributed by atoms with Crippen LogP contribution in [0.1, 0.15) is 43.5 Å². The van der Waals surface area contributed by atoms with Crippen molar-refractivity contribution in [1.82, 2.24) is 20.0 Å². The summed E-state index contributed by atoms with van der Waals surface area (Å²) in [6.07, 6.45) is 2.55. The van der Waals surface area contributed by atoms with Gasteiger partial charge in [0.05, 0.1) is 28.9 Å². The number of fused-ring (bicyclic) bond motifs is 1. The number of aromatic nitrogens is 2. The van der Waals surface area contributed by atoms with Crippen molar-refractivity contribution in [2.75, 3.05) is 33.4 Å². The fraction of sp³-hybridized carbons (Fsp3) is 0.636. The Kier molecular flexibility index (Phi) is 6.63. The largest absolute Gasteiger partial charge is 0.385 e. The van der Waals surface area contributed by atoms with Crippen molar-refractivity contribution in [3.8, 4) is 0 Å². The van der Waals surface area contributed by atoms with Gasteiger partial charge in [-0.1, -0.05) is 11.6 Å². The maximum absolute atomic E-state index is 13.3. The predicted molar refractivity (Wildman–Crippen MR) is 117 cm³/mol. The third kappa shape index (κ3) is 4.35. The Bertz CT molecular complexity index is 905. The lowest BCUT2D eigenvalue weighted by molar-refractivity contribution is -0.148. The van der Waals surface area contributed by atoms with Crippen LogP contribution in [0.3, 0.4) is 0 Å². The summed E-state index contributed by atoms with van der Waals surface area (Å²) in [4.78, 5) is 15.3. The van der Waals surface area contributed by atoms with Gasteiger partial charge in [-0.25, -0.2) is 0 Å². The van der Waals surface area contributed by atoms with E-state index in [1.54, 1.807) is 7.11 Å². The molecule has 164 valence electrons. The first-order valence-corrected chi connectivity index (χ1v) is 11.2. The van der Waals surface area contributed by atoms with Crippen LogP contribution in [-0.2, 0) is 20.8 Å². The second-order valence-electron chi connectivity index (χ2n) is 8.27. The average molecular weight is 435 g/mol. The quantitative estimate of drug-likeness (QED) is 0.646. The summed E-state index contributed by atoms with van der Waals surface area (Å²) in [6, 6.07) is 4.33. The highest BCUT2D eigenvalue weighted by atomic mass is 35.5. The zero-order valence-corrected chi connectivity index (χ0v) is 18.7. The van der Waals surface area contributed by atoms with Crippen molar-refractivity contribution >= 4 is 28.4 Å². The number of nitrogens with one attached hydrogen (secondary N) is 1. The van der Waals surface area contributed by atoms with Crippen LogP contribution in [0.2, 0.25) is 5.02 Å². The fourth-order valence-corrected chi connectivity index (χ4v) is 4.68. The van der Waals surface area contributed by atoms with Gasteiger partial charge in [-0.3, -0.25) is 9.48 Å². The van der Waals surface area contributed by atoms with E-state index in [1.807, 2.05) is 22.6 Å². The average Bonchev–Trinajstić information content (AvgIpc) is 3.52. The Balaban J connectivity index is 1.64. The number of carbonyl (C=O) groups is 1. The minimum absolute atomic E-state index is 0.0678. The van der Waals surface area contributed by atoms with Crippen LogP contribution in [0.25, 0.3) is 10.9 Å². The number of nitrogens with zero attached hydrogens (tertiary/aromatic N) is 3. The molecular formula is C22H31ClN4O3. The summed E-state index contributed by atoms with van der Waals surface area (Å²) in [7, 11) is 1.71. The molecular weight excluding hydrogens is 404 g/mol. The Labute approximate surface area is 182 Å². The molecule has 4 rings (SSSR count). The number of hydrogen-bond acceptors (Lipinski definition) is 5. The summed E-state index contributed by atoms with van der Waals surface area (Å²) >= 11 is 6.70. The first-order valence-electron chi connectivity index (χ1n) is 10.8. The summed E-state index contributed by atoms with van der Waals surface area (Å²) in [5.74, 6) is 0.0678. The van der Waals surface area contributed by atoms with Crippen LogP contribution in [0.15, 0.2) is 12.1 Å². The highest BCUT2D eigenvalue weighted by Gasteiger charge is 2.40. The van der Waals surface area contributed by atoms with Crippen molar-refractivity contribution in [3.63, 3.8) is 0 Å². The van der Waals surface area contributed by atoms with Gasteiger partial charge in [0, 0.05) is 44.8 Å². The van der Waals surface area contributed by atoms with Crippen LogP contribution in [0, 0.1) is 6.92 Å². The molecule has 2 heterocycles. The molecule has 1 aliphatic carbocycles. The van der Waals surface area contributed by atoms with Crippen LogP contribution in [0.5, 0.6) is 0 Å². The molecule has 0 radical (unpaired) electrons. The second kappa shape index (κ2) is 9.22. The van der Waals surface area contributed by atoms with Gasteiger partial charge in [-0.2, -0.15) is 5.10 Å². The number of carbonyl (C=O) groups excluding carboxylic acids is 1. The number of rotatable bonds is 8. The molecule has 2 atom stereocenters. The SMILES string of the molecule is COCCCn1nc(C)c2c(Cl)cc([C@@H](C)N(C(=O)C3CNCCO3)C3CC3)cc21. The van der Waals surface area contributed by atoms with Gasteiger partial charge in [0.1, 0.15) is 6.10 Å². The van der Waals surface area contributed by atoms with Crippen molar-refractivity contribution < 1.29 is 14.3 Å². The molecule has 0 bridgehead atoms. The van der Waals surface area contributed by atoms with Gasteiger partial charge in [-0.05, 0) is 50.8 Å². The fourth-order valence-electron chi connectivity index (χ4n) is 4.32. The first kappa shape index (κ1) is 21.6. The standard InChI is InChI=1S/C22H31ClN4O3/c1-14-21-18(23)11-16(12-19(21)26(25-14)8-4-9-29-3)15(2)27(17-5-6-17)22(28)20-13-24-7-10-30-20/h11-12,15,17,20,24H,4-10,13H2,1-3H3/t15-,20?/m1/s1. The van der Waals surface area contributed by atoms with Gasteiger partial charge < -0.3 is 19.7 Å². The second-order valence-corrected chi connectivity index (χ2v) is 8.68. The maximum Gasteiger partial charge on any atom is 0.253 e. The van der Waals surface area contributed by atoms with Gasteiger partial charge in [0.25, 0.3) is 5.91 Å². The summed E-state index contributed by atoms with van der Waals surface area (Å²) < 4.78 is 12.9. The number of morpholine rings is 1. The number of amides is 1. The third-order valence-corrected chi connectivity index (χ3v) is 6.32. The Morgan fingerprint density at radius 3 is 2.93 bits per heavy atom. The van der Waals surface area contributed by atoms with Gasteiger partial charge in [0.15, 0.2) is 0 Å². The van der Waals surface area contributed by atoms with Gasteiger partial charge >= 0.3 is 0 Å². The molecule has 2 fully saturated rings. The zero-order chi connectivity index (χ0) is 21.3. The monoisotopic (exact) mass is 434 g/mol. The lowest BCUT2D eigenvalue weighted by Gasteiger charge is -2.34. The molecule has 0 spiro atoms. The molecule has 2 aliphatic rings. The molecule has 2 aromatic rings. The number of ether oxygens (including phenoxy) is 2. The number of hydrogen-bond donors (Lipinski definition) is 1. The molecule has 1 unspecified atom stereocenters. The third-order valence-electron chi connectivity index (χ3n) is 6.02. The molecule has 30 heavy (non-hydrogen) atoms. The maximum atomic E-state index is 13.3. The molecule has 1 aromatic heterocycles. The molecule has 1 saturated carbocycles. The predicted octanol–water partition coefficient (Wildman–Crippen LogP) is 3.08. The van der Waals surface area contributed by atoms with E-state index in [4.69, 9.17) is 26.2 Å². The Morgan fingerprint density at radius 1 is 1.47 bits per heavy atom. The van der Waals surface area contributed by atoms with E-state index in [1.165, 1.54) is 0 Å². The van der Waals surface area contributed by atoms with E-state index in [-0.39, 0.29) is 18.0 Å². The zero-order valence-electron chi connectivity index (χ0n) is 18.0. The Hall–Kier alpha value is -1.67. The molecule has 1 amide bonds. The van der Waals surface area contributed by atoms with E-state index in [0.29, 0.717) is 24.8 Å². The molecule has 1 aliphatic heterocycles. The van der Waals surface area contributed by atoms with E-state index in [9.17, 15) is 4.79 Å². The van der Waals surface area contributed by atoms with Crippen molar-refractivity contribution in [1.29, 1.82) is 0 Å². The summed E-state index contributed by atoms with van der Waals surface area (Å²) in [5, 5.41) is 9.62. The minimum Gasteiger partial charge on any atom is -0.385 e. The number of aryl methyl sites for hydroxylation is 2. The van der Waals surface area contributed by atoms with Gasteiger partial charge in [0.2, 0.25) is 0 Å². The number of methoxy groups -OCH3 is 1. The van der Waals surface area contributed by atoms with Gasteiger partial charge in [-0.15, -0.1) is 0 Å². The lowest BCUT2D eigenvalue weighted by Crippen LogP contribution is -2.50. The van der Waals surface area contributed by atoms with Crippen LogP contribution in [-0.4, -0.2) is 66.1 Å².